The first-order valence-electron chi connectivity index (χ1n) is 3.61. The number of hydrogen-bond acceptors (Lipinski definition) is 2. The molecule has 0 unspecified atom stereocenters. The SMILES string of the molecule is CC(C)SC(=[N+]=[N-])SC(C)C. The monoisotopic (exact) mass is 190 g/mol. The molecular formula is C7H14N2S2. The number of nitrogens with zero attached hydrogens (tertiary/aromatic N) is 2. The van der Waals surface area contributed by atoms with Gasteiger partial charge in [-0.3, -0.25) is 0 Å². The van der Waals surface area contributed by atoms with Gasteiger partial charge >= 0.3 is 4.38 Å². The average molecular weight is 190 g/mol. The van der Waals surface area contributed by atoms with Gasteiger partial charge in [-0.1, -0.05) is 27.7 Å². The Hall–Kier alpha value is 0.0800. The van der Waals surface area contributed by atoms with Crippen LogP contribution >= 0.6 is 23.5 Å². The first-order valence-corrected chi connectivity index (χ1v) is 5.37. The third-order valence-corrected chi connectivity index (χ3v) is 2.84. The van der Waals surface area contributed by atoms with Gasteiger partial charge in [0.05, 0.1) is 0 Å². The Morgan fingerprint density at radius 2 is 1.45 bits per heavy atom. The first-order chi connectivity index (χ1) is 5.06. The van der Waals surface area contributed by atoms with Crippen molar-refractivity contribution < 1.29 is 4.79 Å². The summed E-state index contributed by atoms with van der Waals surface area (Å²) in [6, 6.07) is 0. The van der Waals surface area contributed by atoms with Gasteiger partial charge in [-0.2, -0.15) is 4.79 Å². The van der Waals surface area contributed by atoms with Gasteiger partial charge in [-0.15, -0.1) is 0 Å². The van der Waals surface area contributed by atoms with Gasteiger partial charge in [0.15, 0.2) is 0 Å². The fourth-order valence-electron chi connectivity index (χ4n) is 0.478. The minimum atomic E-state index is 0.479. The van der Waals surface area contributed by atoms with E-state index in [9.17, 15) is 0 Å². The smallest absolute Gasteiger partial charge is 0.359 e. The van der Waals surface area contributed by atoms with Crippen molar-refractivity contribution in [3.63, 3.8) is 0 Å². The summed E-state index contributed by atoms with van der Waals surface area (Å²) >= 11 is 3.18. The third kappa shape index (κ3) is 6.48. The van der Waals surface area contributed by atoms with E-state index < -0.39 is 0 Å². The molecule has 11 heavy (non-hydrogen) atoms. The lowest BCUT2D eigenvalue weighted by molar-refractivity contribution is 0.00546. The zero-order valence-corrected chi connectivity index (χ0v) is 9.00. The summed E-state index contributed by atoms with van der Waals surface area (Å²) in [5, 5.41) is 0.958. The first kappa shape index (κ1) is 11.1. The van der Waals surface area contributed by atoms with Crippen LogP contribution in [-0.2, 0) is 0 Å². The zero-order chi connectivity index (χ0) is 8.85. The summed E-state index contributed by atoms with van der Waals surface area (Å²) < 4.78 is 0.759. The summed E-state index contributed by atoms with van der Waals surface area (Å²) in [4.78, 5) is 3.21. The summed E-state index contributed by atoms with van der Waals surface area (Å²) in [5.74, 6) is 0. The van der Waals surface area contributed by atoms with Gasteiger partial charge in [0.25, 0.3) is 0 Å². The van der Waals surface area contributed by atoms with Crippen LogP contribution in [0.15, 0.2) is 0 Å². The van der Waals surface area contributed by atoms with Crippen molar-refractivity contribution in [1.82, 2.24) is 0 Å². The Labute approximate surface area is 76.8 Å². The van der Waals surface area contributed by atoms with Crippen molar-refractivity contribution in [1.29, 1.82) is 0 Å². The van der Waals surface area contributed by atoms with Gasteiger partial charge in [0.1, 0.15) is 0 Å². The molecule has 4 heteroatoms. The van der Waals surface area contributed by atoms with Crippen molar-refractivity contribution in [3.8, 4) is 0 Å². The Bertz CT molecular complexity index is 148. The predicted molar refractivity (Wildman–Crippen MR) is 54.1 cm³/mol. The Kier molecular flexibility index (Phi) is 5.74. The highest BCUT2D eigenvalue weighted by molar-refractivity contribution is 8.38. The van der Waals surface area contributed by atoms with E-state index in [1.807, 2.05) is 0 Å². The van der Waals surface area contributed by atoms with Crippen LogP contribution in [0.4, 0.5) is 0 Å². The van der Waals surface area contributed by atoms with E-state index in [4.69, 9.17) is 5.53 Å². The number of rotatable bonds is 2. The van der Waals surface area contributed by atoms with Gasteiger partial charge in [0, 0.05) is 10.5 Å². The van der Waals surface area contributed by atoms with Crippen LogP contribution in [0.2, 0.25) is 0 Å². The second-order valence-corrected chi connectivity index (χ2v) is 6.09. The Morgan fingerprint density at radius 1 is 1.09 bits per heavy atom. The fraction of sp³-hybridized carbons (Fsp3) is 0.857. The van der Waals surface area contributed by atoms with Crippen LogP contribution in [0.25, 0.3) is 5.53 Å². The lowest BCUT2D eigenvalue weighted by atomic mass is 10.6. The maximum absolute atomic E-state index is 8.57. The minimum Gasteiger partial charge on any atom is -0.359 e. The second-order valence-electron chi connectivity index (χ2n) is 2.70. The second kappa shape index (κ2) is 5.70. The summed E-state index contributed by atoms with van der Waals surface area (Å²) in [5.41, 5.74) is 8.57. The molecule has 0 aliphatic heterocycles. The average Bonchev–Trinajstić information content (AvgIpc) is 1.84. The molecule has 0 saturated heterocycles. The summed E-state index contributed by atoms with van der Waals surface area (Å²) in [6.45, 7) is 8.32. The lowest BCUT2D eigenvalue weighted by Gasteiger charge is -2.00. The molecule has 0 aliphatic rings. The van der Waals surface area contributed by atoms with E-state index in [-0.39, 0.29) is 0 Å². The van der Waals surface area contributed by atoms with Crippen molar-refractivity contribution in [3.05, 3.63) is 5.53 Å². The molecule has 0 saturated carbocycles. The predicted octanol–water partition coefficient (Wildman–Crippen LogP) is 2.86. The molecule has 0 atom stereocenters. The van der Waals surface area contributed by atoms with E-state index >= 15 is 0 Å². The maximum Gasteiger partial charge on any atom is 0.384 e. The van der Waals surface area contributed by atoms with Crippen LogP contribution in [0.5, 0.6) is 0 Å². The van der Waals surface area contributed by atoms with Gasteiger partial charge in [0.2, 0.25) is 0 Å². The zero-order valence-electron chi connectivity index (χ0n) is 7.37. The van der Waals surface area contributed by atoms with Crippen molar-refractivity contribution in [2.45, 2.75) is 38.2 Å². The number of thioether (sulfide) groups is 2. The van der Waals surface area contributed by atoms with E-state index in [2.05, 4.69) is 32.5 Å². The van der Waals surface area contributed by atoms with Crippen LogP contribution in [-0.4, -0.2) is 19.7 Å². The molecule has 0 fully saturated rings. The van der Waals surface area contributed by atoms with Crippen LogP contribution in [0, 0.1) is 0 Å². The summed E-state index contributed by atoms with van der Waals surface area (Å²) in [7, 11) is 0. The minimum absolute atomic E-state index is 0.479. The van der Waals surface area contributed by atoms with Crippen LogP contribution < -0.4 is 0 Å². The van der Waals surface area contributed by atoms with Crippen molar-refractivity contribution >= 4 is 27.9 Å². The van der Waals surface area contributed by atoms with Crippen molar-refractivity contribution in [2.24, 2.45) is 0 Å². The van der Waals surface area contributed by atoms with Crippen molar-refractivity contribution in [2.75, 3.05) is 0 Å². The Morgan fingerprint density at radius 3 is 1.64 bits per heavy atom. The van der Waals surface area contributed by atoms with E-state index in [1.165, 1.54) is 0 Å². The van der Waals surface area contributed by atoms with E-state index in [0.29, 0.717) is 10.5 Å². The Balaban J connectivity index is 3.89. The molecule has 0 rings (SSSR count). The summed E-state index contributed by atoms with van der Waals surface area (Å²) in [6.07, 6.45) is 0. The molecule has 0 heterocycles. The molecule has 0 bridgehead atoms. The highest BCUT2D eigenvalue weighted by atomic mass is 32.2. The van der Waals surface area contributed by atoms with Gasteiger partial charge in [-0.05, 0) is 23.5 Å². The molecule has 0 radical (unpaired) electrons. The molecule has 64 valence electrons. The molecule has 0 amide bonds. The molecular weight excluding hydrogens is 176 g/mol. The molecule has 0 N–H and O–H groups in total. The molecule has 0 aromatic carbocycles. The topological polar surface area (TPSA) is 36.4 Å². The van der Waals surface area contributed by atoms with Crippen LogP contribution in [0.1, 0.15) is 27.7 Å². The molecule has 2 nitrogen and oxygen atoms in total. The molecule has 0 aromatic rings. The van der Waals surface area contributed by atoms with Gasteiger partial charge in [-0.25, -0.2) is 0 Å². The highest BCUT2D eigenvalue weighted by Gasteiger charge is 2.14. The normalized spacial score (nSPS) is 10.4. The molecule has 0 aromatic heterocycles. The van der Waals surface area contributed by atoms with E-state index in [0.717, 1.165) is 4.38 Å². The van der Waals surface area contributed by atoms with Crippen LogP contribution in [0.3, 0.4) is 0 Å². The third-order valence-electron chi connectivity index (χ3n) is 0.755. The van der Waals surface area contributed by atoms with E-state index in [1.54, 1.807) is 23.5 Å². The molecule has 0 spiro atoms. The largest absolute Gasteiger partial charge is 0.384 e. The fourth-order valence-corrected chi connectivity index (χ4v) is 2.76. The number of hydrogen-bond donors (Lipinski definition) is 0. The maximum atomic E-state index is 8.57. The molecule has 0 aliphatic carbocycles. The highest BCUT2D eigenvalue weighted by Crippen LogP contribution is 2.22. The quantitative estimate of drug-likeness (QED) is 0.290. The lowest BCUT2D eigenvalue weighted by Crippen LogP contribution is -1.99. The van der Waals surface area contributed by atoms with Gasteiger partial charge < -0.3 is 5.53 Å². The standard InChI is InChI=1S/C7H14N2S2/c1-5(2)10-7(9-8)11-6(3)4/h5-6H,1-4H3.